The third kappa shape index (κ3) is 4.32. The molecule has 126 valence electrons. The van der Waals surface area contributed by atoms with Crippen molar-refractivity contribution in [2.24, 2.45) is 0 Å². The van der Waals surface area contributed by atoms with E-state index < -0.39 is 0 Å². The van der Waals surface area contributed by atoms with Gasteiger partial charge < -0.3 is 16.0 Å². The van der Waals surface area contributed by atoms with Crippen LogP contribution in [-0.2, 0) is 0 Å². The number of pyridine rings is 1. The van der Waals surface area contributed by atoms with E-state index in [2.05, 4.69) is 20.9 Å². The van der Waals surface area contributed by atoms with E-state index in [1.54, 1.807) is 37.6 Å². The molecule has 1 heterocycles. The quantitative estimate of drug-likeness (QED) is 0.790. The van der Waals surface area contributed by atoms with Crippen molar-refractivity contribution >= 4 is 17.6 Å². The molecular weight excluding hydrogens is 304 g/mol. The zero-order chi connectivity index (χ0) is 17.5. The second-order valence-corrected chi connectivity index (χ2v) is 5.45. The molecule has 6 heteroatoms. The summed E-state index contributed by atoms with van der Waals surface area (Å²) in [6.45, 7) is 3.88. The van der Waals surface area contributed by atoms with Crippen molar-refractivity contribution < 1.29 is 9.59 Å². The number of nitrogens with one attached hydrogen (secondary N) is 3. The Balaban J connectivity index is 2.10. The maximum atomic E-state index is 12.3. The van der Waals surface area contributed by atoms with Crippen LogP contribution in [0.15, 0.2) is 42.7 Å². The second-order valence-electron chi connectivity index (χ2n) is 5.45. The molecule has 0 aliphatic rings. The minimum atomic E-state index is -0.309. The van der Waals surface area contributed by atoms with Crippen LogP contribution in [0, 0.1) is 6.92 Å². The lowest BCUT2D eigenvalue weighted by Gasteiger charge is -2.18. The van der Waals surface area contributed by atoms with Gasteiger partial charge in [-0.2, -0.15) is 0 Å². The van der Waals surface area contributed by atoms with Crippen molar-refractivity contribution in [2.75, 3.05) is 12.4 Å². The lowest BCUT2D eigenvalue weighted by molar-refractivity contribution is 0.0963. The topological polar surface area (TPSA) is 83.1 Å². The SMILES string of the molecule is CCC(NC(=O)Nc1cc(C(=O)NC)ccc1C)c1ccncc1. The molecule has 0 saturated carbocycles. The maximum Gasteiger partial charge on any atom is 0.319 e. The number of nitrogens with zero attached hydrogens (tertiary/aromatic N) is 1. The summed E-state index contributed by atoms with van der Waals surface area (Å²) in [4.78, 5) is 28.0. The summed E-state index contributed by atoms with van der Waals surface area (Å²) in [5.41, 5.74) is 2.99. The number of aryl methyl sites for hydroxylation is 1. The summed E-state index contributed by atoms with van der Waals surface area (Å²) in [7, 11) is 1.57. The van der Waals surface area contributed by atoms with Crippen LogP contribution >= 0.6 is 0 Å². The predicted octanol–water partition coefficient (Wildman–Crippen LogP) is 3.02. The van der Waals surface area contributed by atoms with E-state index in [1.165, 1.54) is 0 Å². The van der Waals surface area contributed by atoms with Crippen LogP contribution in [0.3, 0.4) is 0 Å². The van der Waals surface area contributed by atoms with Crippen molar-refractivity contribution in [1.82, 2.24) is 15.6 Å². The summed E-state index contributed by atoms with van der Waals surface area (Å²) in [6.07, 6.45) is 4.16. The predicted molar refractivity (Wildman–Crippen MR) is 94.0 cm³/mol. The summed E-state index contributed by atoms with van der Waals surface area (Å²) in [6, 6.07) is 8.55. The number of carbonyl (C=O) groups is 2. The summed E-state index contributed by atoms with van der Waals surface area (Å²) < 4.78 is 0. The number of hydrogen-bond acceptors (Lipinski definition) is 3. The standard InChI is InChI=1S/C18H22N4O2/c1-4-15(13-7-9-20-10-8-13)21-18(24)22-16-11-14(17(23)19-3)6-5-12(16)2/h5-11,15H,4H2,1-3H3,(H,19,23)(H2,21,22,24). The van der Waals surface area contributed by atoms with E-state index in [9.17, 15) is 9.59 Å². The van der Waals surface area contributed by atoms with Gasteiger partial charge in [0, 0.05) is 30.7 Å². The average Bonchev–Trinajstić information content (AvgIpc) is 2.61. The van der Waals surface area contributed by atoms with Crippen LogP contribution in [-0.4, -0.2) is 24.0 Å². The van der Waals surface area contributed by atoms with Gasteiger partial charge in [0.1, 0.15) is 0 Å². The number of anilines is 1. The van der Waals surface area contributed by atoms with Crippen LogP contribution in [0.2, 0.25) is 0 Å². The van der Waals surface area contributed by atoms with E-state index in [0.717, 1.165) is 17.5 Å². The monoisotopic (exact) mass is 326 g/mol. The summed E-state index contributed by atoms with van der Waals surface area (Å²) in [5, 5.41) is 8.33. The summed E-state index contributed by atoms with van der Waals surface area (Å²) >= 11 is 0. The van der Waals surface area contributed by atoms with Crippen LogP contribution in [0.25, 0.3) is 0 Å². The third-order valence-electron chi connectivity index (χ3n) is 3.80. The molecule has 0 radical (unpaired) electrons. The number of amides is 3. The van der Waals surface area contributed by atoms with E-state index in [0.29, 0.717) is 11.3 Å². The van der Waals surface area contributed by atoms with Crippen molar-refractivity contribution in [1.29, 1.82) is 0 Å². The Morgan fingerprint density at radius 2 is 1.88 bits per heavy atom. The fourth-order valence-corrected chi connectivity index (χ4v) is 2.38. The zero-order valence-corrected chi connectivity index (χ0v) is 14.1. The highest BCUT2D eigenvalue weighted by Crippen LogP contribution is 2.19. The number of rotatable bonds is 5. The fraction of sp³-hybridized carbons (Fsp3) is 0.278. The molecule has 6 nitrogen and oxygen atoms in total. The van der Waals surface area contributed by atoms with Crippen molar-refractivity contribution in [2.45, 2.75) is 26.3 Å². The van der Waals surface area contributed by atoms with E-state index in [-0.39, 0.29) is 18.0 Å². The number of urea groups is 1. The van der Waals surface area contributed by atoms with Crippen LogP contribution in [0.1, 0.15) is 40.9 Å². The first kappa shape index (κ1) is 17.5. The smallest absolute Gasteiger partial charge is 0.319 e. The zero-order valence-electron chi connectivity index (χ0n) is 14.1. The first-order chi connectivity index (χ1) is 11.5. The minimum Gasteiger partial charge on any atom is -0.355 e. The van der Waals surface area contributed by atoms with Gasteiger partial charge in [0.05, 0.1) is 6.04 Å². The first-order valence-corrected chi connectivity index (χ1v) is 7.85. The molecule has 1 atom stereocenters. The first-order valence-electron chi connectivity index (χ1n) is 7.85. The van der Waals surface area contributed by atoms with E-state index in [4.69, 9.17) is 0 Å². The molecule has 3 amide bonds. The fourth-order valence-electron chi connectivity index (χ4n) is 2.38. The van der Waals surface area contributed by atoms with Crippen LogP contribution in [0.4, 0.5) is 10.5 Å². The highest BCUT2D eigenvalue weighted by molar-refractivity contribution is 5.97. The molecule has 0 spiro atoms. The van der Waals surface area contributed by atoms with Gasteiger partial charge in [-0.25, -0.2) is 4.79 Å². The lowest BCUT2D eigenvalue weighted by Crippen LogP contribution is -2.32. The summed E-state index contributed by atoms with van der Waals surface area (Å²) in [5.74, 6) is -0.193. The molecule has 1 aromatic heterocycles. The Morgan fingerprint density at radius 1 is 1.17 bits per heavy atom. The number of aromatic nitrogens is 1. The van der Waals surface area contributed by atoms with Gasteiger partial charge in [0.25, 0.3) is 5.91 Å². The Hall–Kier alpha value is -2.89. The van der Waals surface area contributed by atoms with Crippen LogP contribution in [0.5, 0.6) is 0 Å². The largest absolute Gasteiger partial charge is 0.355 e. The Morgan fingerprint density at radius 3 is 2.50 bits per heavy atom. The molecule has 0 fully saturated rings. The van der Waals surface area contributed by atoms with Crippen molar-refractivity contribution in [3.63, 3.8) is 0 Å². The Bertz CT molecular complexity index is 716. The molecule has 24 heavy (non-hydrogen) atoms. The normalized spacial score (nSPS) is 11.5. The number of carbonyl (C=O) groups excluding carboxylic acids is 2. The molecular formula is C18H22N4O2. The van der Waals surface area contributed by atoms with Gasteiger partial charge in [0.2, 0.25) is 0 Å². The molecule has 0 aliphatic heterocycles. The second kappa shape index (κ2) is 8.10. The third-order valence-corrected chi connectivity index (χ3v) is 3.80. The van der Waals surface area contributed by atoms with Crippen LogP contribution < -0.4 is 16.0 Å². The molecule has 0 saturated heterocycles. The molecule has 1 aromatic carbocycles. The Kier molecular flexibility index (Phi) is 5.89. The van der Waals surface area contributed by atoms with E-state index in [1.807, 2.05) is 26.0 Å². The van der Waals surface area contributed by atoms with Crippen molar-refractivity contribution in [3.05, 3.63) is 59.4 Å². The maximum absolute atomic E-state index is 12.3. The number of hydrogen-bond donors (Lipinski definition) is 3. The van der Waals surface area contributed by atoms with Gasteiger partial charge in [0.15, 0.2) is 0 Å². The molecule has 2 rings (SSSR count). The molecule has 0 bridgehead atoms. The molecule has 2 aromatic rings. The lowest BCUT2D eigenvalue weighted by atomic mass is 10.1. The van der Waals surface area contributed by atoms with Gasteiger partial charge in [-0.1, -0.05) is 13.0 Å². The minimum absolute atomic E-state index is 0.101. The molecule has 3 N–H and O–H groups in total. The van der Waals surface area contributed by atoms with Gasteiger partial charge in [-0.15, -0.1) is 0 Å². The van der Waals surface area contributed by atoms with Gasteiger partial charge >= 0.3 is 6.03 Å². The molecule has 1 unspecified atom stereocenters. The van der Waals surface area contributed by atoms with Crippen molar-refractivity contribution in [3.8, 4) is 0 Å². The molecule has 0 aliphatic carbocycles. The highest BCUT2D eigenvalue weighted by atomic mass is 16.2. The Labute approximate surface area is 141 Å². The highest BCUT2D eigenvalue weighted by Gasteiger charge is 2.14. The van der Waals surface area contributed by atoms with Gasteiger partial charge in [-0.3, -0.25) is 9.78 Å². The van der Waals surface area contributed by atoms with Gasteiger partial charge in [-0.05, 0) is 48.7 Å². The average molecular weight is 326 g/mol. The number of benzene rings is 1. The van der Waals surface area contributed by atoms with E-state index >= 15 is 0 Å².